The number of carbonyl (C=O) groups excluding carboxylic acids is 1. The third kappa shape index (κ3) is 3.41. The van der Waals surface area contributed by atoms with Gasteiger partial charge >= 0.3 is 0 Å². The van der Waals surface area contributed by atoms with Crippen LogP contribution in [0.2, 0.25) is 0 Å². The maximum Gasteiger partial charge on any atom is 0.277 e. The van der Waals surface area contributed by atoms with Crippen molar-refractivity contribution in [2.45, 2.75) is 31.4 Å². The molecule has 4 rings (SSSR count). The van der Waals surface area contributed by atoms with Gasteiger partial charge in [-0.25, -0.2) is 0 Å². The monoisotopic (exact) mass is 373 g/mol. The molecule has 136 valence electrons. The van der Waals surface area contributed by atoms with Gasteiger partial charge in [0.25, 0.3) is 5.22 Å². The van der Waals surface area contributed by atoms with Crippen molar-refractivity contribution in [1.29, 1.82) is 0 Å². The number of amides is 1. The lowest BCUT2D eigenvalue weighted by molar-refractivity contribution is -0.126. The van der Waals surface area contributed by atoms with Gasteiger partial charge in [0, 0.05) is 17.8 Å². The highest BCUT2D eigenvalue weighted by atomic mass is 32.2. The molecule has 26 heavy (non-hydrogen) atoms. The van der Waals surface area contributed by atoms with Crippen LogP contribution < -0.4 is 9.47 Å². The zero-order valence-electron chi connectivity index (χ0n) is 14.4. The minimum absolute atomic E-state index is 0.0634. The van der Waals surface area contributed by atoms with Crippen LogP contribution in [0.4, 0.5) is 0 Å². The van der Waals surface area contributed by atoms with E-state index in [1.165, 1.54) is 11.8 Å². The Morgan fingerprint density at radius 1 is 1.27 bits per heavy atom. The Balaban J connectivity index is 1.40. The minimum atomic E-state index is 0.0634. The van der Waals surface area contributed by atoms with Gasteiger partial charge in [-0.1, -0.05) is 17.8 Å². The maximum atomic E-state index is 12.5. The van der Waals surface area contributed by atoms with Gasteiger partial charge in [0.2, 0.25) is 18.6 Å². The van der Waals surface area contributed by atoms with Crippen molar-refractivity contribution in [3.05, 3.63) is 30.0 Å². The lowest BCUT2D eigenvalue weighted by Gasteiger charge is -2.21. The van der Waals surface area contributed by atoms with Gasteiger partial charge in [0.1, 0.15) is 0 Å². The molecule has 1 aromatic heterocycles. The van der Waals surface area contributed by atoms with Crippen molar-refractivity contribution in [3.8, 4) is 23.0 Å². The summed E-state index contributed by atoms with van der Waals surface area (Å²) in [5.41, 5.74) is 1.89. The SMILES string of the molecule is CCN(C(=O)CSc1nnc(-c2ccc3c(c2)OCO3)o1)C1=CCCC1. The molecular weight excluding hydrogens is 354 g/mol. The Bertz CT molecular complexity index is 849. The van der Waals surface area contributed by atoms with Gasteiger partial charge < -0.3 is 18.8 Å². The van der Waals surface area contributed by atoms with Crippen molar-refractivity contribution >= 4 is 17.7 Å². The molecule has 1 amide bonds. The minimum Gasteiger partial charge on any atom is -0.454 e. The van der Waals surface area contributed by atoms with E-state index in [-0.39, 0.29) is 18.5 Å². The molecule has 0 saturated heterocycles. The molecule has 7 nitrogen and oxygen atoms in total. The van der Waals surface area contributed by atoms with E-state index in [0.29, 0.717) is 29.2 Å². The number of hydrogen-bond acceptors (Lipinski definition) is 7. The molecule has 1 aliphatic heterocycles. The van der Waals surface area contributed by atoms with E-state index < -0.39 is 0 Å². The maximum absolute atomic E-state index is 12.5. The molecule has 0 saturated carbocycles. The third-order valence-electron chi connectivity index (χ3n) is 4.33. The number of ether oxygens (including phenoxy) is 2. The van der Waals surface area contributed by atoms with E-state index in [1.54, 1.807) is 6.07 Å². The molecule has 1 aliphatic carbocycles. The van der Waals surface area contributed by atoms with Crippen molar-refractivity contribution in [2.75, 3.05) is 19.1 Å². The molecule has 0 unspecified atom stereocenters. The van der Waals surface area contributed by atoms with Crippen LogP contribution in [0.1, 0.15) is 26.2 Å². The van der Waals surface area contributed by atoms with Crippen LogP contribution in [0.3, 0.4) is 0 Å². The number of aromatic nitrogens is 2. The smallest absolute Gasteiger partial charge is 0.277 e. The molecule has 8 heteroatoms. The number of allylic oxidation sites excluding steroid dienone is 2. The average Bonchev–Trinajstić information content (AvgIpc) is 3.40. The summed E-state index contributed by atoms with van der Waals surface area (Å²) in [6, 6.07) is 5.46. The zero-order valence-corrected chi connectivity index (χ0v) is 15.3. The van der Waals surface area contributed by atoms with Gasteiger partial charge in [0.05, 0.1) is 5.75 Å². The molecule has 0 spiro atoms. The van der Waals surface area contributed by atoms with E-state index in [1.807, 2.05) is 24.0 Å². The van der Waals surface area contributed by atoms with Crippen molar-refractivity contribution in [1.82, 2.24) is 15.1 Å². The first-order valence-corrected chi connectivity index (χ1v) is 9.59. The molecule has 0 fully saturated rings. The van der Waals surface area contributed by atoms with Crippen LogP contribution in [0.25, 0.3) is 11.5 Å². The fourth-order valence-electron chi connectivity index (χ4n) is 3.05. The number of hydrogen-bond donors (Lipinski definition) is 0. The first kappa shape index (κ1) is 17.0. The standard InChI is InChI=1S/C18H19N3O4S/c1-2-21(13-5-3-4-6-13)16(22)10-26-18-20-19-17(25-18)12-7-8-14-15(9-12)24-11-23-14/h5,7-9H,2-4,6,10-11H2,1H3. The molecular formula is C18H19N3O4S. The zero-order chi connectivity index (χ0) is 17.9. The van der Waals surface area contributed by atoms with Gasteiger partial charge in [-0.05, 0) is 44.4 Å². The summed E-state index contributed by atoms with van der Waals surface area (Å²) in [6.45, 7) is 2.89. The van der Waals surface area contributed by atoms with E-state index >= 15 is 0 Å². The summed E-state index contributed by atoms with van der Waals surface area (Å²) in [6.07, 6.45) is 5.29. The number of carbonyl (C=O) groups is 1. The molecule has 0 radical (unpaired) electrons. The van der Waals surface area contributed by atoms with Gasteiger partial charge in [-0.3, -0.25) is 4.79 Å². The predicted molar refractivity (Wildman–Crippen MR) is 95.9 cm³/mol. The summed E-state index contributed by atoms with van der Waals surface area (Å²) in [5.74, 6) is 2.09. The molecule has 2 aliphatic rings. The second-order valence-electron chi connectivity index (χ2n) is 5.96. The molecule has 0 atom stereocenters. The Hall–Kier alpha value is -2.48. The highest BCUT2D eigenvalue weighted by Gasteiger charge is 2.20. The van der Waals surface area contributed by atoms with Crippen molar-refractivity contribution in [2.24, 2.45) is 0 Å². The second-order valence-corrected chi connectivity index (χ2v) is 6.88. The lowest BCUT2D eigenvalue weighted by Crippen LogP contribution is -2.31. The van der Waals surface area contributed by atoms with E-state index in [0.717, 1.165) is 30.5 Å². The summed E-state index contributed by atoms with van der Waals surface area (Å²) in [7, 11) is 0. The van der Waals surface area contributed by atoms with Crippen molar-refractivity contribution < 1.29 is 18.7 Å². The summed E-state index contributed by atoms with van der Waals surface area (Å²) < 4.78 is 16.3. The van der Waals surface area contributed by atoms with Gasteiger partial charge in [-0.2, -0.15) is 0 Å². The topological polar surface area (TPSA) is 77.7 Å². The number of benzene rings is 1. The Labute approximate surface area is 155 Å². The molecule has 2 aromatic rings. The number of rotatable bonds is 6. The Kier molecular flexibility index (Phi) is 4.83. The highest BCUT2D eigenvalue weighted by Crippen LogP contribution is 2.36. The third-order valence-corrected chi connectivity index (χ3v) is 5.13. The molecule has 0 N–H and O–H groups in total. The number of nitrogens with zero attached hydrogens (tertiary/aromatic N) is 3. The normalized spacial score (nSPS) is 15.2. The Morgan fingerprint density at radius 3 is 2.96 bits per heavy atom. The fraction of sp³-hybridized carbons (Fsp3) is 0.389. The largest absolute Gasteiger partial charge is 0.454 e. The quantitative estimate of drug-likeness (QED) is 0.717. The Morgan fingerprint density at radius 2 is 2.15 bits per heavy atom. The van der Waals surface area contributed by atoms with Crippen LogP contribution >= 0.6 is 11.8 Å². The second kappa shape index (κ2) is 7.41. The first-order valence-electron chi connectivity index (χ1n) is 8.60. The van der Waals surface area contributed by atoms with Crippen LogP contribution in [0.15, 0.2) is 39.6 Å². The van der Waals surface area contributed by atoms with Crippen LogP contribution in [-0.2, 0) is 4.79 Å². The van der Waals surface area contributed by atoms with E-state index in [4.69, 9.17) is 13.9 Å². The molecule has 0 bridgehead atoms. The van der Waals surface area contributed by atoms with E-state index in [2.05, 4.69) is 16.3 Å². The summed E-state index contributed by atoms with van der Waals surface area (Å²) in [4.78, 5) is 14.3. The lowest BCUT2D eigenvalue weighted by atomic mass is 10.2. The van der Waals surface area contributed by atoms with Crippen molar-refractivity contribution in [3.63, 3.8) is 0 Å². The van der Waals surface area contributed by atoms with E-state index in [9.17, 15) is 4.79 Å². The van der Waals surface area contributed by atoms with Gasteiger partial charge in [-0.15, -0.1) is 10.2 Å². The van der Waals surface area contributed by atoms with Crippen LogP contribution in [-0.4, -0.2) is 40.1 Å². The first-order chi connectivity index (χ1) is 12.7. The van der Waals surface area contributed by atoms with Gasteiger partial charge in [0.15, 0.2) is 11.5 Å². The molecule has 1 aromatic carbocycles. The number of fused-ring (bicyclic) bond motifs is 1. The van der Waals surface area contributed by atoms with Crippen LogP contribution in [0.5, 0.6) is 11.5 Å². The summed E-state index contributed by atoms with van der Waals surface area (Å²) in [5, 5.41) is 8.47. The van der Waals surface area contributed by atoms with Crippen LogP contribution in [0, 0.1) is 0 Å². The molecule has 2 heterocycles. The summed E-state index contributed by atoms with van der Waals surface area (Å²) >= 11 is 1.26. The average molecular weight is 373 g/mol. The highest BCUT2D eigenvalue weighted by molar-refractivity contribution is 7.99. The predicted octanol–water partition coefficient (Wildman–Crippen LogP) is 3.47. The fourth-order valence-corrected chi connectivity index (χ4v) is 3.69. The number of thioether (sulfide) groups is 1.